The lowest BCUT2D eigenvalue weighted by molar-refractivity contribution is -0.122. The van der Waals surface area contributed by atoms with Crippen LogP contribution in [0.2, 0.25) is 5.02 Å². The number of carbonyl (C=O) groups is 2. The van der Waals surface area contributed by atoms with Crippen molar-refractivity contribution in [1.29, 1.82) is 0 Å². The van der Waals surface area contributed by atoms with E-state index in [2.05, 4.69) is 45.1 Å². The molecule has 1 aliphatic rings. The van der Waals surface area contributed by atoms with Crippen LogP contribution < -0.4 is 10.2 Å². The Morgan fingerprint density at radius 1 is 1.04 bits per heavy atom. The molecule has 1 N–H and O–H groups in total. The lowest BCUT2D eigenvalue weighted by Gasteiger charge is -2.21. The number of hydrogen-bond donors (Lipinski definition) is 1. The van der Waals surface area contributed by atoms with E-state index < -0.39 is 0 Å². The molecule has 148 valence electrons. The van der Waals surface area contributed by atoms with Gasteiger partial charge in [0.25, 0.3) is 0 Å². The van der Waals surface area contributed by atoms with Crippen molar-refractivity contribution in [3.8, 4) is 0 Å². The second kappa shape index (κ2) is 8.36. The second-order valence-electron chi connectivity index (χ2n) is 7.99. The second-order valence-corrected chi connectivity index (χ2v) is 8.43. The lowest BCUT2D eigenvalue weighted by Crippen LogP contribution is -2.28. The lowest BCUT2D eigenvalue weighted by atomic mass is 9.92. The first-order chi connectivity index (χ1) is 13.3. The minimum Gasteiger partial charge on any atom is -0.325 e. The predicted molar refractivity (Wildman–Crippen MR) is 115 cm³/mol. The summed E-state index contributed by atoms with van der Waals surface area (Å²) in [4.78, 5) is 27.2. The Morgan fingerprint density at radius 2 is 1.61 bits per heavy atom. The first kappa shape index (κ1) is 20.4. The van der Waals surface area contributed by atoms with Crippen LogP contribution in [-0.4, -0.2) is 18.4 Å². The number of nitrogens with one attached hydrogen (secondary N) is 1. The van der Waals surface area contributed by atoms with Gasteiger partial charge in [0, 0.05) is 29.4 Å². The van der Waals surface area contributed by atoms with Crippen LogP contribution >= 0.6 is 11.6 Å². The van der Waals surface area contributed by atoms with Crippen molar-refractivity contribution in [1.82, 2.24) is 0 Å². The number of amides is 2. The van der Waals surface area contributed by atoms with Crippen LogP contribution in [0.15, 0.2) is 42.5 Å². The van der Waals surface area contributed by atoms with E-state index in [1.165, 1.54) is 0 Å². The number of halogens is 1. The van der Waals surface area contributed by atoms with Crippen molar-refractivity contribution in [3.63, 3.8) is 0 Å². The molecule has 2 aromatic rings. The van der Waals surface area contributed by atoms with Crippen molar-refractivity contribution in [2.75, 3.05) is 16.8 Å². The first-order valence-electron chi connectivity index (χ1n) is 9.77. The highest BCUT2D eigenvalue weighted by Crippen LogP contribution is 2.34. The summed E-state index contributed by atoms with van der Waals surface area (Å²) in [6, 6.07) is 13.3. The number of benzene rings is 2. The molecule has 1 saturated heterocycles. The summed E-state index contributed by atoms with van der Waals surface area (Å²) in [5, 5.41) is 3.77. The molecule has 1 heterocycles. The molecule has 1 aliphatic heterocycles. The summed E-state index contributed by atoms with van der Waals surface area (Å²) < 4.78 is 0. The summed E-state index contributed by atoms with van der Waals surface area (Å²) in [5.41, 5.74) is 3.92. The van der Waals surface area contributed by atoms with Gasteiger partial charge >= 0.3 is 0 Å². The molecule has 4 nitrogen and oxygen atoms in total. The highest BCUT2D eigenvalue weighted by Gasteiger charge is 2.35. The number of nitrogens with zero attached hydrogens (tertiary/aromatic N) is 1. The van der Waals surface area contributed by atoms with Gasteiger partial charge in [-0.1, -0.05) is 57.5 Å². The number of carbonyl (C=O) groups excluding carboxylic acids is 2. The van der Waals surface area contributed by atoms with Crippen LogP contribution in [0.5, 0.6) is 0 Å². The zero-order chi connectivity index (χ0) is 20.4. The predicted octanol–water partition coefficient (Wildman–Crippen LogP) is 5.58. The van der Waals surface area contributed by atoms with Gasteiger partial charge in [-0.05, 0) is 47.2 Å². The van der Waals surface area contributed by atoms with Crippen molar-refractivity contribution < 1.29 is 9.59 Å². The van der Waals surface area contributed by atoms with Crippen LogP contribution in [0, 0.1) is 5.92 Å². The topological polar surface area (TPSA) is 49.4 Å². The fourth-order valence-corrected chi connectivity index (χ4v) is 3.80. The molecular formula is C23H27ClN2O2. The van der Waals surface area contributed by atoms with Crippen molar-refractivity contribution in [3.05, 3.63) is 58.6 Å². The quantitative estimate of drug-likeness (QED) is 0.714. The molecule has 0 radical (unpaired) electrons. The molecule has 0 bridgehead atoms. The molecular weight excluding hydrogens is 372 g/mol. The third-order valence-electron chi connectivity index (χ3n) is 5.26. The Morgan fingerprint density at radius 3 is 2.14 bits per heavy atom. The number of hydrogen-bond acceptors (Lipinski definition) is 2. The highest BCUT2D eigenvalue weighted by molar-refractivity contribution is 6.30. The molecule has 28 heavy (non-hydrogen) atoms. The third-order valence-corrected chi connectivity index (χ3v) is 5.51. The fraction of sp³-hybridized carbons (Fsp3) is 0.391. The van der Waals surface area contributed by atoms with Gasteiger partial charge in [-0.3, -0.25) is 9.59 Å². The van der Waals surface area contributed by atoms with Gasteiger partial charge in [0.15, 0.2) is 0 Å². The third kappa shape index (κ3) is 4.22. The Labute approximate surface area is 171 Å². The summed E-state index contributed by atoms with van der Waals surface area (Å²) in [6.07, 6.45) is 0.218. The van der Waals surface area contributed by atoms with E-state index in [-0.39, 0.29) is 24.2 Å². The summed E-state index contributed by atoms with van der Waals surface area (Å²) >= 11 is 5.94. The largest absolute Gasteiger partial charge is 0.325 e. The zero-order valence-electron chi connectivity index (χ0n) is 16.8. The molecule has 1 unspecified atom stereocenters. The maximum absolute atomic E-state index is 13.0. The SMILES string of the molecule is CC(C)c1cccc(C(C)C)c1NC(=O)C1CC(=O)N(c2ccc(Cl)cc2)C1. The van der Waals surface area contributed by atoms with Crippen LogP contribution in [0.25, 0.3) is 0 Å². The normalized spacial score (nSPS) is 16.9. The average molecular weight is 399 g/mol. The maximum Gasteiger partial charge on any atom is 0.229 e. The van der Waals surface area contributed by atoms with Crippen molar-refractivity contribution in [2.24, 2.45) is 5.92 Å². The Hall–Kier alpha value is -2.33. The van der Waals surface area contributed by atoms with Crippen molar-refractivity contribution >= 4 is 34.8 Å². The number of anilines is 2. The summed E-state index contributed by atoms with van der Waals surface area (Å²) in [6.45, 7) is 8.87. The fourth-order valence-electron chi connectivity index (χ4n) is 3.67. The molecule has 5 heteroatoms. The van der Waals surface area contributed by atoms with Gasteiger partial charge in [-0.15, -0.1) is 0 Å². The Bertz CT molecular complexity index is 848. The first-order valence-corrected chi connectivity index (χ1v) is 10.1. The van der Waals surface area contributed by atoms with Crippen molar-refractivity contribution in [2.45, 2.75) is 46.0 Å². The molecule has 0 saturated carbocycles. The minimum atomic E-state index is -0.372. The van der Waals surface area contributed by atoms with Crippen LogP contribution in [0.4, 0.5) is 11.4 Å². The molecule has 0 spiro atoms. The Balaban J connectivity index is 1.81. The highest BCUT2D eigenvalue weighted by atomic mass is 35.5. The summed E-state index contributed by atoms with van der Waals surface area (Å²) in [7, 11) is 0. The number of para-hydroxylation sites is 1. The van der Waals surface area contributed by atoms with E-state index in [4.69, 9.17) is 11.6 Å². The Kier molecular flexibility index (Phi) is 6.09. The van der Waals surface area contributed by atoms with Gasteiger partial charge < -0.3 is 10.2 Å². The standard InChI is InChI=1S/C23H27ClN2O2/c1-14(2)19-6-5-7-20(15(3)4)22(19)25-23(28)16-12-21(27)26(13-16)18-10-8-17(24)9-11-18/h5-11,14-16H,12-13H2,1-4H3,(H,25,28). The van der Waals surface area contributed by atoms with E-state index in [9.17, 15) is 9.59 Å². The van der Waals surface area contributed by atoms with Crippen LogP contribution in [-0.2, 0) is 9.59 Å². The smallest absolute Gasteiger partial charge is 0.229 e. The van der Waals surface area contributed by atoms with Gasteiger partial charge in [0.05, 0.1) is 5.92 Å². The van der Waals surface area contributed by atoms with E-state index in [1.54, 1.807) is 17.0 Å². The average Bonchev–Trinajstić information content (AvgIpc) is 3.04. The molecule has 1 fully saturated rings. The summed E-state index contributed by atoms with van der Waals surface area (Å²) in [5.74, 6) is 0.0847. The van der Waals surface area contributed by atoms with Gasteiger partial charge in [0.2, 0.25) is 11.8 Å². The van der Waals surface area contributed by atoms with Gasteiger partial charge in [0.1, 0.15) is 0 Å². The molecule has 1 atom stereocenters. The zero-order valence-corrected chi connectivity index (χ0v) is 17.6. The van der Waals surface area contributed by atoms with E-state index in [0.29, 0.717) is 23.4 Å². The van der Waals surface area contributed by atoms with E-state index in [1.807, 2.05) is 18.2 Å². The number of rotatable bonds is 5. The van der Waals surface area contributed by atoms with Crippen LogP contribution in [0.3, 0.4) is 0 Å². The molecule has 0 aliphatic carbocycles. The van der Waals surface area contributed by atoms with Crippen LogP contribution in [0.1, 0.15) is 57.1 Å². The van der Waals surface area contributed by atoms with Gasteiger partial charge in [-0.2, -0.15) is 0 Å². The maximum atomic E-state index is 13.0. The molecule has 2 amide bonds. The minimum absolute atomic E-state index is 0.0382. The molecule has 2 aromatic carbocycles. The molecule has 0 aromatic heterocycles. The molecule has 3 rings (SSSR count). The van der Waals surface area contributed by atoms with E-state index in [0.717, 1.165) is 22.5 Å². The monoisotopic (exact) mass is 398 g/mol. The van der Waals surface area contributed by atoms with Gasteiger partial charge in [-0.25, -0.2) is 0 Å². The van der Waals surface area contributed by atoms with E-state index >= 15 is 0 Å².